The molecule has 0 radical (unpaired) electrons. The Morgan fingerprint density at radius 2 is 1.80 bits per heavy atom. The fourth-order valence-electron chi connectivity index (χ4n) is 1.59. The Morgan fingerprint density at radius 3 is 2.27 bits per heavy atom. The van der Waals surface area contributed by atoms with Gasteiger partial charge in [-0.25, -0.2) is 4.39 Å². The SMILES string of the molecule is O=C(c1ccc(F)cc1)[C@H]1C[C@H]1C(=O)O. The van der Waals surface area contributed by atoms with Gasteiger partial charge in [-0.2, -0.15) is 0 Å². The summed E-state index contributed by atoms with van der Waals surface area (Å²) in [6.45, 7) is 0. The zero-order valence-electron chi connectivity index (χ0n) is 7.81. The lowest BCUT2D eigenvalue weighted by Gasteiger charge is -1.98. The van der Waals surface area contributed by atoms with Gasteiger partial charge in [0, 0.05) is 11.5 Å². The third-order valence-corrected chi connectivity index (χ3v) is 2.57. The average Bonchev–Trinajstić information content (AvgIpc) is 2.97. The molecule has 1 saturated carbocycles. The molecule has 1 aromatic carbocycles. The van der Waals surface area contributed by atoms with Crippen LogP contribution in [0.2, 0.25) is 0 Å². The molecule has 78 valence electrons. The number of hydrogen-bond donors (Lipinski definition) is 1. The lowest BCUT2D eigenvalue weighted by atomic mass is 10.1. The molecule has 1 N–H and O–H groups in total. The summed E-state index contributed by atoms with van der Waals surface area (Å²) in [7, 11) is 0. The summed E-state index contributed by atoms with van der Waals surface area (Å²) in [5, 5.41) is 8.65. The van der Waals surface area contributed by atoms with E-state index in [9.17, 15) is 14.0 Å². The van der Waals surface area contributed by atoms with E-state index in [0.29, 0.717) is 12.0 Å². The summed E-state index contributed by atoms with van der Waals surface area (Å²) in [5.41, 5.74) is 0.380. The normalized spacial score (nSPS) is 23.5. The molecular weight excluding hydrogens is 199 g/mol. The smallest absolute Gasteiger partial charge is 0.307 e. The summed E-state index contributed by atoms with van der Waals surface area (Å²) >= 11 is 0. The largest absolute Gasteiger partial charge is 0.481 e. The third kappa shape index (κ3) is 1.88. The van der Waals surface area contributed by atoms with Gasteiger partial charge in [0.05, 0.1) is 5.92 Å². The molecule has 2 rings (SSSR count). The molecule has 3 nitrogen and oxygen atoms in total. The Hall–Kier alpha value is -1.71. The van der Waals surface area contributed by atoms with E-state index in [1.165, 1.54) is 24.3 Å². The average molecular weight is 208 g/mol. The monoisotopic (exact) mass is 208 g/mol. The first-order valence-corrected chi connectivity index (χ1v) is 4.62. The van der Waals surface area contributed by atoms with Crippen molar-refractivity contribution < 1.29 is 19.1 Å². The lowest BCUT2D eigenvalue weighted by Crippen LogP contribution is -2.08. The van der Waals surface area contributed by atoms with Gasteiger partial charge in [0.25, 0.3) is 0 Å². The topological polar surface area (TPSA) is 54.4 Å². The van der Waals surface area contributed by atoms with Crippen molar-refractivity contribution in [2.24, 2.45) is 11.8 Å². The zero-order valence-corrected chi connectivity index (χ0v) is 7.81. The van der Waals surface area contributed by atoms with Crippen molar-refractivity contribution in [1.82, 2.24) is 0 Å². The number of hydrogen-bond acceptors (Lipinski definition) is 2. The molecular formula is C11H9FO3. The van der Waals surface area contributed by atoms with E-state index in [1.54, 1.807) is 0 Å². The van der Waals surface area contributed by atoms with E-state index < -0.39 is 23.6 Å². The predicted molar refractivity (Wildman–Crippen MR) is 50.0 cm³/mol. The molecule has 0 saturated heterocycles. The van der Waals surface area contributed by atoms with Crippen LogP contribution in [0.1, 0.15) is 16.8 Å². The van der Waals surface area contributed by atoms with Crippen molar-refractivity contribution in [3.8, 4) is 0 Å². The van der Waals surface area contributed by atoms with Gasteiger partial charge >= 0.3 is 5.97 Å². The van der Waals surface area contributed by atoms with Gasteiger partial charge in [0.15, 0.2) is 5.78 Å². The second kappa shape index (κ2) is 3.46. The number of Topliss-reactive ketones (excluding diaryl/α,β-unsaturated/α-hetero) is 1. The number of carboxylic acids is 1. The fourth-order valence-corrected chi connectivity index (χ4v) is 1.59. The van der Waals surface area contributed by atoms with Gasteiger partial charge in [-0.05, 0) is 30.7 Å². The van der Waals surface area contributed by atoms with Gasteiger partial charge in [-0.15, -0.1) is 0 Å². The molecule has 0 aromatic heterocycles. The summed E-state index contributed by atoms with van der Waals surface area (Å²) in [5.74, 6) is -2.52. The van der Waals surface area contributed by atoms with E-state index in [1.807, 2.05) is 0 Å². The molecule has 0 amide bonds. The number of aliphatic carboxylic acids is 1. The lowest BCUT2D eigenvalue weighted by molar-refractivity contribution is -0.138. The van der Waals surface area contributed by atoms with Crippen LogP contribution in [0.5, 0.6) is 0 Å². The molecule has 15 heavy (non-hydrogen) atoms. The number of ketones is 1. The van der Waals surface area contributed by atoms with Crippen LogP contribution in [0, 0.1) is 17.7 Å². The molecule has 0 unspecified atom stereocenters. The van der Waals surface area contributed by atoms with Crippen LogP contribution in [0.3, 0.4) is 0 Å². The number of carbonyl (C=O) groups excluding carboxylic acids is 1. The number of benzene rings is 1. The Balaban J connectivity index is 2.10. The van der Waals surface area contributed by atoms with Crippen molar-refractivity contribution >= 4 is 11.8 Å². The van der Waals surface area contributed by atoms with Crippen molar-refractivity contribution in [2.75, 3.05) is 0 Å². The minimum Gasteiger partial charge on any atom is -0.481 e. The van der Waals surface area contributed by atoms with Crippen LogP contribution in [0.4, 0.5) is 4.39 Å². The van der Waals surface area contributed by atoms with E-state index >= 15 is 0 Å². The van der Waals surface area contributed by atoms with E-state index in [0.717, 1.165) is 0 Å². The van der Waals surface area contributed by atoms with Crippen LogP contribution in [-0.2, 0) is 4.79 Å². The molecule has 1 aliphatic carbocycles. The second-order valence-electron chi connectivity index (χ2n) is 3.66. The Bertz CT molecular complexity index is 410. The van der Waals surface area contributed by atoms with Crippen molar-refractivity contribution in [3.63, 3.8) is 0 Å². The highest BCUT2D eigenvalue weighted by Crippen LogP contribution is 2.41. The van der Waals surface area contributed by atoms with Gasteiger partial charge in [0.1, 0.15) is 5.82 Å². The highest BCUT2D eigenvalue weighted by Gasteiger charge is 2.48. The van der Waals surface area contributed by atoms with Crippen molar-refractivity contribution in [3.05, 3.63) is 35.6 Å². The molecule has 1 aliphatic rings. The molecule has 0 aliphatic heterocycles. The summed E-state index contributed by atoms with van der Waals surface area (Å²) in [6, 6.07) is 5.17. The molecule has 4 heteroatoms. The minimum absolute atomic E-state index is 0.206. The van der Waals surface area contributed by atoms with Gasteiger partial charge < -0.3 is 5.11 Å². The van der Waals surface area contributed by atoms with E-state index in [2.05, 4.69) is 0 Å². The highest BCUT2D eigenvalue weighted by atomic mass is 19.1. The van der Waals surface area contributed by atoms with Gasteiger partial charge in [-0.3, -0.25) is 9.59 Å². The van der Waals surface area contributed by atoms with Gasteiger partial charge in [0.2, 0.25) is 0 Å². The fraction of sp³-hybridized carbons (Fsp3) is 0.273. The first-order chi connectivity index (χ1) is 7.09. The maximum absolute atomic E-state index is 12.6. The van der Waals surface area contributed by atoms with Crippen LogP contribution in [0.15, 0.2) is 24.3 Å². The molecule has 1 aromatic rings. The van der Waals surface area contributed by atoms with E-state index in [4.69, 9.17) is 5.11 Å². The summed E-state index contributed by atoms with van der Waals surface area (Å²) < 4.78 is 12.6. The van der Waals surface area contributed by atoms with Crippen LogP contribution >= 0.6 is 0 Å². The van der Waals surface area contributed by atoms with Crippen LogP contribution in [-0.4, -0.2) is 16.9 Å². The molecule has 0 heterocycles. The van der Waals surface area contributed by atoms with Crippen molar-refractivity contribution in [1.29, 1.82) is 0 Å². The molecule has 0 spiro atoms. The van der Waals surface area contributed by atoms with Crippen molar-refractivity contribution in [2.45, 2.75) is 6.42 Å². The second-order valence-corrected chi connectivity index (χ2v) is 3.66. The third-order valence-electron chi connectivity index (χ3n) is 2.57. The van der Waals surface area contributed by atoms with Gasteiger partial charge in [-0.1, -0.05) is 0 Å². The Kier molecular flexibility index (Phi) is 2.26. The number of halogens is 1. The number of carboxylic acid groups (broad SMARTS) is 1. The van der Waals surface area contributed by atoms with Crippen LogP contribution < -0.4 is 0 Å². The zero-order chi connectivity index (χ0) is 11.0. The standard InChI is InChI=1S/C11H9FO3/c12-7-3-1-6(2-4-7)10(13)8-5-9(8)11(14)15/h1-4,8-9H,5H2,(H,14,15)/t8-,9+/m0/s1. The Morgan fingerprint density at radius 1 is 1.20 bits per heavy atom. The summed E-state index contributed by atoms with van der Waals surface area (Å²) in [4.78, 5) is 22.2. The predicted octanol–water partition coefficient (Wildman–Crippen LogP) is 1.73. The first-order valence-electron chi connectivity index (χ1n) is 4.62. The Labute approximate surface area is 85.5 Å². The molecule has 1 fully saturated rings. The first kappa shape index (κ1) is 9.83. The molecule has 0 bridgehead atoms. The highest BCUT2D eigenvalue weighted by molar-refractivity contribution is 6.02. The quantitative estimate of drug-likeness (QED) is 0.769. The minimum atomic E-state index is -0.935. The molecule has 2 atom stereocenters. The maximum atomic E-state index is 12.6. The van der Waals surface area contributed by atoms with E-state index in [-0.39, 0.29) is 5.78 Å². The number of carbonyl (C=O) groups is 2. The van der Waals surface area contributed by atoms with Crippen LogP contribution in [0.25, 0.3) is 0 Å². The maximum Gasteiger partial charge on any atom is 0.307 e. The number of rotatable bonds is 3. The summed E-state index contributed by atoms with van der Waals surface area (Å²) in [6.07, 6.45) is 0.394.